The number of hydrogen-bond donors (Lipinski definition) is 4. The van der Waals surface area contributed by atoms with Crippen molar-refractivity contribution in [1.29, 1.82) is 0 Å². The summed E-state index contributed by atoms with van der Waals surface area (Å²) in [5.41, 5.74) is 0. The Bertz CT molecular complexity index is 544. The van der Waals surface area contributed by atoms with E-state index in [2.05, 4.69) is 50.5 Å². The highest BCUT2D eigenvalue weighted by atomic mass is 32.1. The van der Waals surface area contributed by atoms with Gasteiger partial charge in [-0.05, 0) is 36.4 Å². The number of hydrogen-bond acceptors (Lipinski definition) is 8. The first-order chi connectivity index (χ1) is 12.7. The quantitative estimate of drug-likeness (QED) is 0.329. The van der Waals surface area contributed by atoms with Gasteiger partial charge in [0.2, 0.25) is 0 Å². The molecule has 0 radical (unpaired) electrons. The molecule has 2 aromatic rings. The normalized spacial score (nSPS) is 9.69. The van der Waals surface area contributed by atoms with Gasteiger partial charge < -0.3 is 18.9 Å². The summed E-state index contributed by atoms with van der Waals surface area (Å²) in [6, 6.07) is 14.9. The van der Waals surface area contributed by atoms with Crippen LogP contribution in [0.25, 0.3) is 0 Å². The molecule has 0 aliphatic carbocycles. The van der Waals surface area contributed by atoms with Crippen molar-refractivity contribution in [3.63, 3.8) is 0 Å². The summed E-state index contributed by atoms with van der Waals surface area (Å²) >= 11 is 16.0. The van der Waals surface area contributed by atoms with Gasteiger partial charge in [0.25, 0.3) is 0 Å². The molecule has 0 saturated heterocycles. The summed E-state index contributed by atoms with van der Waals surface area (Å²) in [5, 5.41) is 0. The van der Waals surface area contributed by atoms with Crippen molar-refractivity contribution in [2.75, 3.05) is 36.6 Å². The van der Waals surface area contributed by atoms with Crippen molar-refractivity contribution in [3.8, 4) is 23.0 Å². The second-order valence-corrected chi connectivity index (χ2v) is 6.02. The van der Waals surface area contributed by atoms with Crippen LogP contribution in [-0.4, -0.2) is 36.6 Å². The van der Waals surface area contributed by atoms with E-state index in [9.17, 15) is 0 Å². The van der Waals surface area contributed by atoms with E-state index in [4.69, 9.17) is 18.9 Å². The predicted octanol–water partition coefficient (Wildman–Crippen LogP) is 4.52. The van der Waals surface area contributed by atoms with E-state index in [1.807, 2.05) is 48.5 Å². The maximum absolute atomic E-state index is 5.46. The zero-order valence-corrected chi connectivity index (χ0v) is 17.9. The van der Waals surface area contributed by atoms with Gasteiger partial charge >= 0.3 is 0 Å². The third-order valence-electron chi connectivity index (χ3n) is 2.83. The Morgan fingerprint density at radius 2 is 0.923 bits per heavy atom. The van der Waals surface area contributed by atoms with Gasteiger partial charge in [-0.15, -0.1) is 25.3 Å². The van der Waals surface area contributed by atoms with Crippen LogP contribution in [0.2, 0.25) is 0 Å². The zero-order valence-electron chi connectivity index (χ0n) is 14.3. The van der Waals surface area contributed by atoms with E-state index in [0.29, 0.717) is 36.6 Å². The maximum atomic E-state index is 5.46. The minimum atomic E-state index is 0.382. The molecular weight excluding hydrogens is 408 g/mol. The molecule has 0 unspecified atom stereocenters. The van der Waals surface area contributed by atoms with Gasteiger partial charge in [0, 0.05) is 11.5 Å². The largest absolute Gasteiger partial charge is 0.489 e. The van der Waals surface area contributed by atoms with E-state index in [0.717, 1.165) is 23.0 Å². The molecular formula is C18H24O4S4. The fraction of sp³-hybridized carbons (Fsp3) is 0.333. The predicted molar refractivity (Wildman–Crippen MR) is 121 cm³/mol. The number of thiol groups is 4. The minimum Gasteiger partial charge on any atom is -0.489 e. The average molecular weight is 433 g/mol. The molecule has 0 atom stereocenters. The third kappa shape index (κ3) is 9.66. The lowest BCUT2D eigenvalue weighted by Gasteiger charge is -2.10. The molecule has 2 rings (SSSR count). The van der Waals surface area contributed by atoms with E-state index in [1.54, 1.807) is 0 Å². The molecule has 0 amide bonds. The van der Waals surface area contributed by atoms with E-state index in [1.165, 1.54) is 0 Å². The van der Waals surface area contributed by atoms with Crippen molar-refractivity contribution < 1.29 is 18.9 Å². The summed E-state index contributed by atoms with van der Waals surface area (Å²) in [4.78, 5) is 0. The van der Waals surface area contributed by atoms with Crippen LogP contribution in [0.15, 0.2) is 48.5 Å². The van der Waals surface area contributed by atoms with Crippen molar-refractivity contribution in [1.82, 2.24) is 0 Å². The van der Waals surface area contributed by atoms with Gasteiger partial charge in [-0.3, -0.25) is 0 Å². The van der Waals surface area contributed by atoms with Crippen LogP contribution < -0.4 is 18.9 Å². The number of ether oxygens (including phenoxy) is 4. The lowest BCUT2D eigenvalue weighted by molar-refractivity contribution is 0.291. The molecule has 144 valence electrons. The second kappa shape index (κ2) is 15.1. The summed E-state index contributed by atoms with van der Waals surface area (Å²) in [7, 11) is 0. The molecule has 26 heavy (non-hydrogen) atoms. The molecule has 8 heteroatoms. The van der Waals surface area contributed by atoms with Crippen LogP contribution >= 0.6 is 50.5 Å². The van der Waals surface area contributed by atoms with E-state index in [-0.39, 0.29) is 0 Å². The Balaban J connectivity index is 0.000000263. The molecule has 0 spiro atoms. The van der Waals surface area contributed by atoms with Gasteiger partial charge in [-0.1, -0.05) is 12.1 Å². The highest BCUT2D eigenvalue weighted by molar-refractivity contribution is 7.80. The highest BCUT2D eigenvalue weighted by Gasteiger charge is 2.02. The molecule has 0 bridgehead atoms. The summed E-state index contributed by atoms with van der Waals surface area (Å²) in [6.07, 6.45) is 0. The van der Waals surface area contributed by atoms with E-state index >= 15 is 0 Å². The topological polar surface area (TPSA) is 36.9 Å². The zero-order chi connectivity index (χ0) is 19.0. The van der Waals surface area contributed by atoms with Crippen LogP contribution in [0.5, 0.6) is 23.0 Å². The molecule has 0 saturated carbocycles. The molecule has 2 aromatic carbocycles. The Labute approximate surface area is 177 Å². The van der Waals surface area contributed by atoms with Gasteiger partial charge in [0.05, 0.1) is 13.2 Å². The second-order valence-electron chi connectivity index (χ2n) is 4.61. The first kappa shape index (κ1) is 23.1. The number of benzene rings is 2. The van der Waals surface area contributed by atoms with Crippen LogP contribution in [-0.2, 0) is 0 Å². The van der Waals surface area contributed by atoms with Crippen molar-refractivity contribution >= 4 is 50.5 Å². The SMILES string of the molecule is SCCOc1ccccc1OCCS.SCOc1ccc(OCS)cc1. The number of para-hydroxylation sites is 2. The molecule has 0 aliphatic heterocycles. The molecule has 0 aliphatic rings. The molecule has 0 fully saturated rings. The van der Waals surface area contributed by atoms with Crippen LogP contribution in [0.4, 0.5) is 0 Å². The van der Waals surface area contributed by atoms with Crippen LogP contribution in [0.3, 0.4) is 0 Å². The number of rotatable bonds is 10. The fourth-order valence-electron chi connectivity index (χ4n) is 1.78. The van der Waals surface area contributed by atoms with Gasteiger partial charge in [0.1, 0.15) is 23.4 Å². The Hall–Kier alpha value is -0.960. The first-order valence-electron chi connectivity index (χ1n) is 7.88. The minimum absolute atomic E-state index is 0.382. The molecule has 0 heterocycles. The first-order valence-corrected chi connectivity index (χ1v) is 10.4. The van der Waals surface area contributed by atoms with Crippen LogP contribution in [0, 0.1) is 0 Å². The summed E-state index contributed by atoms with van der Waals surface area (Å²) < 4.78 is 21.2. The smallest absolute Gasteiger partial charge is 0.161 e. The Morgan fingerprint density at radius 3 is 1.23 bits per heavy atom. The molecule has 0 aromatic heterocycles. The Kier molecular flexibility index (Phi) is 13.4. The third-order valence-corrected chi connectivity index (χ3v) is 3.46. The van der Waals surface area contributed by atoms with Crippen LogP contribution in [0.1, 0.15) is 0 Å². The van der Waals surface area contributed by atoms with Gasteiger partial charge in [-0.25, -0.2) is 0 Å². The maximum Gasteiger partial charge on any atom is 0.161 e. The summed E-state index contributed by atoms with van der Waals surface area (Å²) in [6.45, 7) is 1.18. The summed E-state index contributed by atoms with van der Waals surface area (Å²) in [5.74, 6) is 5.26. The average Bonchev–Trinajstić information content (AvgIpc) is 2.68. The van der Waals surface area contributed by atoms with Gasteiger partial charge in [-0.2, -0.15) is 25.3 Å². The molecule has 0 N–H and O–H groups in total. The Morgan fingerprint density at radius 1 is 0.538 bits per heavy atom. The highest BCUT2D eigenvalue weighted by Crippen LogP contribution is 2.26. The van der Waals surface area contributed by atoms with E-state index < -0.39 is 0 Å². The fourth-order valence-corrected chi connectivity index (χ4v) is 2.26. The van der Waals surface area contributed by atoms with Crippen molar-refractivity contribution in [2.45, 2.75) is 0 Å². The molecule has 4 nitrogen and oxygen atoms in total. The monoisotopic (exact) mass is 432 g/mol. The van der Waals surface area contributed by atoms with Gasteiger partial charge in [0.15, 0.2) is 11.5 Å². The van der Waals surface area contributed by atoms with Crippen molar-refractivity contribution in [2.24, 2.45) is 0 Å². The van der Waals surface area contributed by atoms with Crippen molar-refractivity contribution in [3.05, 3.63) is 48.5 Å². The lowest BCUT2D eigenvalue weighted by atomic mass is 10.3. The standard InChI is InChI=1S/C10H14O2S2.C8H10O2S2/c13-7-5-11-9-3-1-2-4-10(9)12-6-8-14;11-5-9-7-1-2-8(4-3-7)10-6-12/h1-4,13-14H,5-8H2;1-4,11-12H,5-6H2. The lowest BCUT2D eigenvalue weighted by Crippen LogP contribution is -2.03.